The van der Waals surface area contributed by atoms with Gasteiger partial charge in [0.15, 0.2) is 11.6 Å². The lowest BCUT2D eigenvalue weighted by Gasteiger charge is -2.30. The van der Waals surface area contributed by atoms with Crippen molar-refractivity contribution >= 4 is 17.7 Å². The van der Waals surface area contributed by atoms with E-state index in [-0.39, 0.29) is 17.1 Å². The van der Waals surface area contributed by atoms with Gasteiger partial charge in [-0.1, -0.05) is 18.2 Å². The zero-order chi connectivity index (χ0) is 19.6. The van der Waals surface area contributed by atoms with E-state index in [1.807, 2.05) is 0 Å². The van der Waals surface area contributed by atoms with Crippen LogP contribution in [0.4, 0.5) is 8.78 Å². The predicted molar refractivity (Wildman–Crippen MR) is 98.4 cm³/mol. The number of carbonyl (C=O) groups excluding carboxylic acids is 1. The molecule has 0 aromatic heterocycles. The first-order valence-electron chi connectivity index (χ1n) is 8.13. The SMILES string of the molecule is COc1cccc(OC)c1C1SCC(=O)N1C(F)c1cccc(F)c1OC. The van der Waals surface area contributed by atoms with Crippen LogP contribution in [0, 0.1) is 5.82 Å². The highest BCUT2D eigenvalue weighted by Gasteiger charge is 2.42. The summed E-state index contributed by atoms with van der Waals surface area (Å²) >= 11 is 1.25. The minimum atomic E-state index is -1.89. The van der Waals surface area contributed by atoms with Crippen LogP contribution in [-0.4, -0.2) is 37.9 Å². The number of thioether (sulfide) groups is 1. The quantitative estimate of drug-likeness (QED) is 0.690. The van der Waals surface area contributed by atoms with Crippen molar-refractivity contribution in [2.75, 3.05) is 27.1 Å². The number of halogens is 2. The Bertz CT molecular complexity index is 826. The minimum absolute atomic E-state index is 0.0489. The van der Waals surface area contributed by atoms with Crippen LogP contribution in [0.5, 0.6) is 17.2 Å². The van der Waals surface area contributed by atoms with Gasteiger partial charge < -0.3 is 14.2 Å². The molecule has 0 N–H and O–H groups in total. The average molecular weight is 395 g/mol. The monoisotopic (exact) mass is 395 g/mol. The first-order valence-corrected chi connectivity index (χ1v) is 9.18. The van der Waals surface area contributed by atoms with Crippen LogP contribution < -0.4 is 14.2 Å². The molecular formula is C19H19F2NO4S. The van der Waals surface area contributed by atoms with Crippen LogP contribution >= 0.6 is 11.8 Å². The third-order valence-electron chi connectivity index (χ3n) is 4.32. The molecule has 0 spiro atoms. The van der Waals surface area contributed by atoms with Gasteiger partial charge >= 0.3 is 0 Å². The zero-order valence-electron chi connectivity index (χ0n) is 15.1. The smallest absolute Gasteiger partial charge is 0.236 e. The minimum Gasteiger partial charge on any atom is -0.496 e. The van der Waals surface area contributed by atoms with Crippen LogP contribution in [0.3, 0.4) is 0 Å². The summed E-state index contributed by atoms with van der Waals surface area (Å²) in [5.74, 6) is -0.278. The highest BCUT2D eigenvalue weighted by atomic mass is 32.2. The summed E-state index contributed by atoms with van der Waals surface area (Å²) < 4.78 is 45.3. The van der Waals surface area contributed by atoms with E-state index >= 15 is 4.39 Å². The summed E-state index contributed by atoms with van der Waals surface area (Å²) in [6.07, 6.45) is -1.89. The van der Waals surface area contributed by atoms with Crippen molar-refractivity contribution in [1.82, 2.24) is 4.90 Å². The molecule has 2 aromatic carbocycles. The number of amides is 1. The number of para-hydroxylation sites is 1. The Morgan fingerprint density at radius 1 is 1.07 bits per heavy atom. The number of nitrogens with zero attached hydrogens (tertiary/aromatic N) is 1. The number of hydrogen-bond acceptors (Lipinski definition) is 5. The molecule has 1 heterocycles. The Labute approximate surface area is 160 Å². The van der Waals surface area contributed by atoms with Gasteiger partial charge in [0.1, 0.15) is 16.9 Å². The van der Waals surface area contributed by atoms with E-state index in [4.69, 9.17) is 14.2 Å². The van der Waals surface area contributed by atoms with Crippen molar-refractivity contribution in [3.8, 4) is 17.2 Å². The number of benzene rings is 2. The Balaban J connectivity index is 2.08. The van der Waals surface area contributed by atoms with Crippen LogP contribution in [0.15, 0.2) is 36.4 Å². The number of rotatable bonds is 6. The fraction of sp³-hybridized carbons (Fsp3) is 0.316. The van der Waals surface area contributed by atoms with Crippen molar-refractivity contribution in [3.05, 3.63) is 53.3 Å². The summed E-state index contributed by atoms with van der Waals surface area (Å²) in [6, 6.07) is 9.14. The molecule has 1 aliphatic heterocycles. The number of hydrogen-bond donors (Lipinski definition) is 0. The first kappa shape index (κ1) is 19.3. The van der Waals surface area contributed by atoms with Crippen molar-refractivity contribution in [2.24, 2.45) is 0 Å². The van der Waals surface area contributed by atoms with E-state index in [9.17, 15) is 9.18 Å². The van der Waals surface area contributed by atoms with Gasteiger partial charge in [-0.3, -0.25) is 9.69 Å². The molecule has 0 saturated carbocycles. The lowest BCUT2D eigenvalue weighted by molar-refractivity contribution is -0.134. The fourth-order valence-corrected chi connectivity index (χ4v) is 4.34. The van der Waals surface area contributed by atoms with Gasteiger partial charge in [0.25, 0.3) is 0 Å². The number of carbonyl (C=O) groups is 1. The zero-order valence-corrected chi connectivity index (χ0v) is 15.9. The second kappa shape index (κ2) is 8.04. The molecule has 3 rings (SSSR count). The lowest BCUT2D eigenvalue weighted by Crippen LogP contribution is -2.31. The van der Waals surface area contributed by atoms with E-state index in [0.717, 1.165) is 4.90 Å². The first-order chi connectivity index (χ1) is 13.0. The maximum atomic E-state index is 15.5. The van der Waals surface area contributed by atoms with Crippen molar-refractivity contribution in [2.45, 2.75) is 11.7 Å². The molecule has 2 aromatic rings. The van der Waals surface area contributed by atoms with Gasteiger partial charge in [0.05, 0.1) is 38.2 Å². The van der Waals surface area contributed by atoms with Crippen molar-refractivity contribution < 1.29 is 27.8 Å². The standard InChI is InChI=1S/C19H19F2NO4S/c1-24-13-8-5-9-14(25-2)16(13)19-22(15(23)10-27-19)18(21)11-6-4-7-12(20)17(11)26-3/h4-9,18-19H,10H2,1-3H3. The molecular weight excluding hydrogens is 376 g/mol. The molecule has 27 heavy (non-hydrogen) atoms. The van der Waals surface area contributed by atoms with Crippen LogP contribution in [0.2, 0.25) is 0 Å². The second-order valence-electron chi connectivity index (χ2n) is 5.74. The van der Waals surface area contributed by atoms with Gasteiger partial charge in [-0.25, -0.2) is 8.78 Å². The molecule has 2 atom stereocenters. The molecule has 1 saturated heterocycles. The summed E-state index contributed by atoms with van der Waals surface area (Å²) in [5, 5.41) is -0.688. The summed E-state index contributed by atoms with van der Waals surface area (Å²) in [7, 11) is 4.25. The molecule has 2 unspecified atom stereocenters. The molecule has 1 aliphatic rings. The van der Waals surface area contributed by atoms with Gasteiger partial charge in [-0.05, 0) is 18.2 Å². The van der Waals surface area contributed by atoms with E-state index < -0.39 is 23.4 Å². The van der Waals surface area contributed by atoms with Crippen molar-refractivity contribution in [1.29, 1.82) is 0 Å². The largest absolute Gasteiger partial charge is 0.496 e. The van der Waals surface area contributed by atoms with E-state index in [1.165, 1.54) is 51.3 Å². The van der Waals surface area contributed by atoms with E-state index in [1.54, 1.807) is 18.2 Å². The molecule has 0 aliphatic carbocycles. The highest BCUT2D eigenvalue weighted by molar-refractivity contribution is 8.00. The van der Waals surface area contributed by atoms with Crippen molar-refractivity contribution in [3.63, 3.8) is 0 Å². The predicted octanol–water partition coefficient (Wildman–Crippen LogP) is 4.09. The summed E-state index contributed by atoms with van der Waals surface area (Å²) in [6.45, 7) is 0. The van der Waals surface area contributed by atoms with E-state index in [0.29, 0.717) is 17.1 Å². The molecule has 0 bridgehead atoms. The van der Waals surface area contributed by atoms with Gasteiger partial charge in [0, 0.05) is 0 Å². The molecule has 0 radical (unpaired) electrons. The molecule has 1 fully saturated rings. The molecule has 5 nitrogen and oxygen atoms in total. The Hall–Kier alpha value is -2.48. The third-order valence-corrected chi connectivity index (χ3v) is 5.51. The number of methoxy groups -OCH3 is 3. The van der Waals surface area contributed by atoms with Crippen LogP contribution in [-0.2, 0) is 4.79 Å². The van der Waals surface area contributed by atoms with Crippen LogP contribution in [0.25, 0.3) is 0 Å². The van der Waals surface area contributed by atoms with Gasteiger partial charge in [-0.15, -0.1) is 11.8 Å². The average Bonchev–Trinajstić information content (AvgIpc) is 3.07. The second-order valence-corrected chi connectivity index (χ2v) is 6.81. The number of ether oxygens (including phenoxy) is 3. The number of alkyl halides is 1. The molecule has 1 amide bonds. The summed E-state index contributed by atoms with van der Waals surface area (Å²) in [4.78, 5) is 13.6. The molecule has 144 valence electrons. The summed E-state index contributed by atoms with van der Waals surface area (Å²) in [5.41, 5.74) is 0.503. The van der Waals surface area contributed by atoms with E-state index in [2.05, 4.69) is 0 Å². The van der Waals surface area contributed by atoms with Crippen LogP contribution in [0.1, 0.15) is 22.8 Å². The normalized spacial score (nSPS) is 17.7. The Kier molecular flexibility index (Phi) is 5.74. The maximum absolute atomic E-state index is 15.5. The maximum Gasteiger partial charge on any atom is 0.236 e. The lowest BCUT2D eigenvalue weighted by atomic mass is 10.1. The Morgan fingerprint density at radius 2 is 1.70 bits per heavy atom. The van der Waals surface area contributed by atoms with Gasteiger partial charge in [0.2, 0.25) is 12.2 Å². The highest BCUT2D eigenvalue weighted by Crippen LogP contribution is 2.50. The molecule has 8 heteroatoms. The topological polar surface area (TPSA) is 48.0 Å². The van der Waals surface area contributed by atoms with Gasteiger partial charge in [-0.2, -0.15) is 0 Å². The Morgan fingerprint density at radius 3 is 2.30 bits per heavy atom. The third kappa shape index (κ3) is 3.41. The fourth-order valence-electron chi connectivity index (χ4n) is 3.11.